The fourth-order valence-corrected chi connectivity index (χ4v) is 6.78. The van der Waals surface area contributed by atoms with Crippen molar-refractivity contribution in [2.75, 3.05) is 0 Å². The fraction of sp³-hybridized carbons (Fsp3) is 0.438. The van der Waals surface area contributed by atoms with Crippen LogP contribution in [-0.4, -0.2) is 20.4 Å². The first-order valence-corrected chi connectivity index (χ1v) is 16.0. The predicted molar refractivity (Wildman–Crippen MR) is 164 cm³/mol. The number of hydrogen-bond acceptors (Lipinski definition) is 6. The highest BCUT2D eigenvalue weighted by molar-refractivity contribution is 7.15. The lowest BCUT2D eigenvalue weighted by atomic mass is 9.99. The van der Waals surface area contributed by atoms with Crippen LogP contribution in [0.3, 0.4) is 0 Å². The first kappa shape index (κ1) is 26.9. The fourth-order valence-electron chi connectivity index (χ4n) is 5.03. The molecule has 0 radical (unpaired) electrons. The number of nitrogens with zero attached hydrogens (tertiary/aromatic N) is 4. The maximum atomic E-state index is 4.53. The normalized spacial score (nSPS) is 11.6. The molecule has 4 nitrogen and oxygen atoms in total. The molecular weight excluding hydrogens is 505 g/mol. The van der Waals surface area contributed by atoms with E-state index in [1.807, 2.05) is 0 Å². The third kappa shape index (κ3) is 6.65. The van der Waals surface area contributed by atoms with Crippen LogP contribution in [0, 0.1) is 0 Å². The van der Waals surface area contributed by atoms with Crippen molar-refractivity contribution in [1.29, 1.82) is 0 Å². The Kier molecular flexibility index (Phi) is 9.47. The molecule has 5 rings (SSSR count). The van der Waals surface area contributed by atoms with Crippen molar-refractivity contribution >= 4 is 44.2 Å². The van der Waals surface area contributed by atoms with Crippen molar-refractivity contribution in [2.24, 2.45) is 0 Å². The molecule has 198 valence electrons. The summed E-state index contributed by atoms with van der Waals surface area (Å²) in [6, 6.07) is 17.8. The van der Waals surface area contributed by atoms with Gasteiger partial charge in [0.1, 0.15) is 20.0 Å². The monoisotopic (exact) mass is 542 g/mol. The highest BCUT2D eigenvalue weighted by Gasteiger charge is 2.11. The number of unbranched alkanes of at least 4 members (excludes halogenated alkanes) is 8. The maximum absolute atomic E-state index is 4.53. The second kappa shape index (κ2) is 13.4. The lowest BCUT2D eigenvalue weighted by Gasteiger charge is -2.07. The van der Waals surface area contributed by atoms with Crippen LogP contribution >= 0.6 is 22.7 Å². The van der Waals surface area contributed by atoms with E-state index in [1.165, 1.54) is 85.8 Å². The van der Waals surface area contributed by atoms with E-state index in [0.717, 1.165) is 44.0 Å². The summed E-state index contributed by atoms with van der Waals surface area (Å²) in [4.78, 5) is 0. The molecule has 0 N–H and O–H groups in total. The summed E-state index contributed by atoms with van der Waals surface area (Å²) in [5.74, 6) is 0. The van der Waals surface area contributed by atoms with Gasteiger partial charge in [-0.15, -0.1) is 20.4 Å². The van der Waals surface area contributed by atoms with Gasteiger partial charge in [0, 0.05) is 24.0 Å². The molecule has 0 saturated carbocycles. The van der Waals surface area contributed by atoms with Crippen LogP contribution in [0.4, 0.5) is 0 Å². The molecule has 0 fully saturated rings. The number of fused-ring (bicyclic) bond motifs is 3. The van der Waals surface area contributed by atoms with E-state index in [4.69, 9.17) is 0 Å². The van der Waals surface area contributed by atoms with Gasteiger partial charge >= 0.3 is 0 Å². The Labute approximate surface area is 234 Å². The highest BCUT2D eigenvalue weighted by atomic mass is 32.1. The van der Waals surface area contributed by atoms with E-state index in [2.05, 4.69) is 82.8 Å². The lowest BCUT2D eigenvalue weighted by molar-refractivity contribution is 0.630. The zero-order valence-electron chi connectivity index (χ0n) is 22.7. The predicted octanol–water partition coefficient (Wildman–Crippen LogP) is 10.1. The molecule has 0 spiro atoms. The van der Waals surface area contributed by atoms with Crippen molar-refractivity contribution in [3.05, 3.63) is 58.5 Å². The van der Waals surface area contributed by atoms with Gasteiger partial charge in [-0.3, -0.25) is 0 Å². The van der Waals surface area contributed by atoms with Gasteiger partial charge in [0.2, 0.25) is 0 Å². The molecule has 38 heavy (non-hydrogen) atoms. The van der Waals surface area contributed by atoms with Gasteiger partial charge in [-0.2, -0.15) is 0 Å². The van der Waals surface area contributed by atoms with Crippen LogP contribution in [0.25, 0.3) is 42.7 Å². The second-order valence-electron chi connectivity index (χ2n) is 10.3. The van der Waals surface area contributed by atoms with Crippen LogP contribution in [0.5, 0.6) is 0 Å². The van der Waals surface area contributed by atoms with Crippen molar-refractivity contribution in [3.63, 3.8) is 0 Å². The van der Waals surface area contributed by atoms with Gasteiger partial charge in [-0.25, -0.2) is 0 Å². The molecule has 0 saturated heterocycles. The minimum atomic E-state index is 1.01. The van der Waals surface area contributed by atoms with E-state index in [-0.39, 0.29) is 0 Å². The van der Waals surface area contributed by atoms with Crippen molar-refractivity contribution in [3.8, 4) is 21.1 Å². The molecule has 3 aromatic carbocycles. The molecule has 0 amide bonds. The Hall–Kier alpha value is -2.70. The Morgan fingerprint density at radius 3 is 1.66 bits per heavy atom. The molecule has 0 bridgehead atoms. The van der Waals surface area contributed by atoms with Crippen LogP contribution < -0.4 is 0 Å². The first-order valence-electron chi connectivity index (χ1n) is 14.4. The number of aromatic nitrogens is 4. The third-order valence-electron chi connectivity index (χ3n) is 7.25. The zero-order valence-corrected chi connectivity index (χ0v) is 24.3. The highest BCUT2D eigenvalue weighted by Crippen LogP contribution is 2.34. The molecule has 0 unspecified atom stereocenters. The minimum absolute atomic E-state index is 1.01. The van der Waals surface area contributed by atoms with Gasteiger partial charge in [-0.1, -0.05) is 124 Å². The molecule has 2 heterocycles. The van der Waals surface area contributed by atoms with Crippen LogP contribution in [0.2, 0.25) is 0 Å². The molecule has 0 aliphatic carbocycles. The van der Waals surface area contributed by atoms with E-state index >= 15 is 0 Å². The Morgan fingerprint density at radius 2 is 1.03 bits per heavy atom. The topological polar surface area (TPSA) is 51.6 Å². The molecular formula is C32H38N4S2. The van der Waals surface area contributed by atoms with Crippen molar-refractivity contribution in [1.82, 2.24) is 20.4 Å². The largest absolute Gasteiger partial charge is 0.147 e. The summed E-state index contributed by atoms with van der Waals surface area (Å²) >= 11 is 3.48. The van der Waals surface area contributed by atoms with Gasteiger partial charge < -0.3 is 0 Å². The quantitative estimate of drug-likeness (QED) is 0.103. The van der Waals surface area contributed by atoms with E-state index in [9.17, 15) is 0 Å². The standard InChI is InChI=1S/C32H38N4S2/c1-3-5-7-9-11-13-29-33-35-31(37-29)25-19-20-27-24(21-25)17-15-23-16-18-26(22-28(23)27)32-36-34-30(38-32)14-12-10-8-6-4-2/h15-22H,3-14H2,1-2H3. The van der Waals surface area contributed by atoms with Gasteiger partial charge in [0.05, 0.1) is 0 Å². The Morgan fingerprint density at radius 1 is 0.500 bits per heavy atom. The molecule has 6 heteroatoms. The Balaban J connectivity index is 1.32. The average Bonchev–Trinajstić information content (AvgIpc) is 3.62. The summed E-state index contributed by atoms with van der Waals surface area (Å²) in [6.07, 6.45) is 14.9. The SMILES string of the molecule is CCCCCCCc1nnc(-c2ccc3c(ccc4ccc(-c5nnc(CCCCCCC)s5)cc43)c2)s1. The first-order chi connectivity index (χ1) is 18.7. The molecule has 0 atom stereocenters. The van der Waals surface area contributed by atoms with E-state index < -0.39 is 0 Å². The third-order valence-corrected chi connectivity index (χ3v) is 9.32. The number of rotatable bonds is 14. The van der Waals surface area contributed by atoms with Crippen molar-refractivity contribution in [2.45, 2.75) is 90.9 Å². The Bertz CT molecular complexity index is 1470. The van der Waals surface area contributed by atoms with E-state index in [0.29, 0.717) is 0 Å². The summed E-state index contributed by atoms with van der Waals surface area (Å²) in [5, 5.41) is 27.3. The molecule has 2 aromatic heterocycles. The number of hydrogen-bond donors (Lipinski definition) is 0. The average molecular weight is 543 g/mol. The second-order valence-corrected chi connectivity index (χ2v) is 12.4. The maximum Gasteiger partial charge on any atom is 0.147 e. The smallest absolute Gasteiger partial charge is 0.143 e. The van der Waals surface area contributed by atoms with Crippen LogP contribution in [0.1, 0.15) is 88.1 Å². The summed E-state index contributed by atoms with van der Waals surface area (Å²) < 4.78 is 0. The van der Waals surface area contributed by atoms with Gasteiger partial charge in [0.25, 0.3) is 0 Å². The summed E-state index contributed by atoms with van der Waals surface area (Å²) in [5.41, 5.74) is 2.30. The molecule has 5 aromatic rings. The summed E-state index contributed by atoms with van der Waals surface area (Å²) in [6.45, 7) is 4.51. The zero-order chi connectivity index (χ0) is 26.2. The van der Waals surface area contributed by atoms with Gasteiger partial charge in [-0.05, 0) is 46.5 Å². The number of aryl methyl sites for hydroxylation is 2. The van der Waals surface area contributed by atoms with Gasteiger partial charge in [0.15, 0.2) is 0 Å². The van der Waals surface area contributed by atoms with Crippen molar-refractivity contribution < 1.29 is 0 Å². The molecule has 0 aliphatic rings. The minimum Gasteiger partial charge on any atom is -0.143 e. The van der Waals surface area contributed by atoms with Crippen LogP contribution in [-0.2, 0) is 12.8 Å². The molecule has 0 aliphatic heterocycles. The van der Waals surface area contributed by atoms with E-state index in [1.54, 1.807) is 22.7 Å². The van der Waals surface area contributed by atoms with Crippen LogP contribution in [0.15, 0.2) is 48.5 Å². The summed E-state index contributed by atoms with van der Waals surface area (Å²) in [7, 11) is 0. The lowest BCUT2D eigenvalue weighted by Crippen LogP contribution is -1.85. The number of benzene rings is 3.